The van der Waals surface area contributed by atoms with E-state index in [2.05, 4.69) is 93.0 Å². The van der Waals surface area contributed by atoms with Gasteiger partial charge in [0, 0.05) is 49.9 Å². The molecule has 48 heavy (non-hydrogen) atoms. The molecule has 0 aliphatic rings. The molecule has 7 heteroatoms. The minimum absolute atomic E-state index is 0.536. The molecule has 4 aromatic heterocycles. The van der Waals surface area contributed by atoms with Crippen LogP contribution in [0, 0.1) is 0 Å². The van der Waals surface area contributed by atoms with E-state index in [9.17, 15) is 0 Å². The van der Waals surface area contributed by atoms with Crippen molar-refractivity contribution in [2.75, 3.05) is 0 Å². The first kappa shape index (κ1) is 26.5. The van der Waals surface area contributed by atoms with Gasteiger partial charge < -0.3 is 4.57 Å². The maximum Gasteiger partial charge on any atom is 0.238 e. The minimum Gasteiger partial charge on any atom is -0.307 e. The van der Waals surface area contributed by atoms with Crippen LogP contribution in [-0.4, -0.2) is 34.1 Å². The van der Waals surface area contributed by atoms with Gasteiger partial charge >= 0.3 is 0 Å². The summed E-state index contributed by atoms with van der Waals surface area (Å²) in [7, 11) is 0. The fraction of sp³-hybridized carbons (Fsp3) is 0. The Morgan fingerprint density at radius 3 is 1.81 bits per heavy atom. The van der Waals surface area contributed by atoms with Gasteiger partial charge in [-0.2, -0.15) is 9.97 Å². The summed E-state index contributed by atoms with van der Waals surface area (Å²) in [6.07, 6.45) is 3.49. The number of rotatable bonds is 4. The molecule has 0 bridgehead atoms. The van der Waals surface area contributed by atoms with E-state index in [1.807, 2.05) is 66.9 Å². The van der Waals surface area contributed by atoms with Crippen LogP contribution >= 0.6 is 0 Å². The van der Waals surface area contributed by atoms with Gasteiger partial charge in [-0.15, -0.1) is 0 Å². The normalized spacial score (nSPS) is 11.8. The average Bonchev–Trinajstić information content (AvgIpc) is 3.69. The standard InChI is InChI=1S/C41H25N7/c1-4-12-26(13-5-1)39-44-40(27-14-6-2-7-15-27)46-41(45-39)48-34-23-20-28-24-42-25-43-36(28)35(34)32-22-21-31-30-18-10-11-19-33(30)47(37(31)38(32)48)29-16-8-3-9-17-29/h1-25H. The molecule has 0 aliphatic heterocycles. The van der Waals surface area contributed by atoms with Crippen molar-refractivity contribution in [2.24, 2.45) is 0 Å². The van der Waals surface area contributed by atoms with Gasteiger partial charge in [-0.1, -0.05) is 109 Å². The first-order valence-electron chi connectivity index (χ1n) is 15.9. The Kier molecular flexibility index (Phi) is 5.74. The van der Waals surface area contributed by atoms with Crippen LogP contribution < -0.4 is 0 Å². The van der Waals surface area contributed by atoms with Crippen LogP contribution in [0.3, 0.4) is 0 Å². The molecule has 6 aromatic carbocycles. The number of hydrogen-bond acceptors (Lipinski definition) is 5. The van der Waals surface area contributed by atoms with Crippen molar-refractivity contribution in [3.63, 3.8) is 0 Å². The SMILES string of the molecule is c1ccc(-c2nc(-c3ccccc3)nc(-n3c4ccc5cncnc5c4c4ccc5c6ccccc6n(-c6ccccc6)c5c43)n2)cc1. The zero-order valence-electron chi connectivity index (χ0n) is 25.6. The lowest BCUT2D eigenvalue weighted by Crippen LogP contribution is -2.07. The number of nitrogens with zero attached hydrogens (tertiary/aromatic N) is 7. The molecule has 0 atom stereocenters. The predicted molar refractivity (Wildman–Crippen MR) is 192 cm³/mol. The summed E-state index contributed by atoms with van der Waals surface area (Å²) in [4.78, 5) is 24.6. The van der Waals surface area contributed by atoms with Gasteiger partial charge in [0.2, 0.25) is 5.95 Å². The fourth-order valence-corrected chi connectivity index (χ4v) is 7.04. The first-order valence-corrected chi connectivity index (χ1v) is 15.9. The second-order valence-corrected chi connectivity index (χ2v) is 11.8. The highest BCUT2D eigenvalue weighted by Crippen LogP contribution is 2.43. The molecule has 10 rings (SSSR count). The van der Waals surface area contributed by atoms with E-state index in [4.69, 9.17) is 19.9 Å². The molecule has 0 N–H and O–H groups in total. The number of hydrogen-bond donors (Lipinski definition) is 0. The maximum absolute atomic E-state index is 5.21. The molecule has 10 aromatic rings. The van der Waals surface area contributed by atoms with Gasteiger partial charge in [0.05, 0.1) is 27.6 Å². The third kappa shape index (κ3) is 3.91. The van der Waals surface area contributed by atoms with Gasteiger partial charge in [0.1, 0.15) is 6.33 Å². The van der Waals surface area contributed by atoms with Crippen molar-refractivity contribution in [3.8, 4) is 34.4 Å². The highest BCUT2D eigenvalue weighted by molar-refractivity contribution is 6.27. The van der Waals surface area contributed by atoms with E-state index >= 15 is 0 Å². The van der Waals surface area contributed by atoms with Crippen LogP contribution in [0.2, 0.25) is 0 Å². The Balaban J connectivity index is 1.44. The number of aromatic nitrogens is 7. The second-order valence-electron chi connectivity index (χ2n) is 11.8. The predicted octanol–water partition coefficient (Wildman–Crippen LogP) is 9.34. The monoisotopic (exact) mass is 615 g/mol. The van der Waals surface area contributed by atoms with E-state index in [1.165, 1.54) is 5.39 Å². The molecule has 0 aliphatic carbocycles. The van der Waals surface area contributed by atoms with E-state index in [0.29, 0.717) is 17.6 Å². The summed E-state index contributed by atoms with van der Waals surface area (Å²) in [6, 6.07) is 48.0. The Labute approximate surface area is 274 Å². The summed E-state index contributed by atoms with van der Waals surface area (Å²) in [5, 5.41) is 5.38. The summed E-state index contributed by atoms with van der Waals surface area (Å²) in [6.45, 7) is 0. The Hall–Kier alpha value is -6.73. The zero-order valence-corrected chi connectivity index (χ0v) is 25.6. The molecular formula is C41H25N7. The summed E-state index contributed by atoms with van der Waals surface area (Å²) >= 11 is 0. The molecule has 0 saturated heterocycles. The lowest BCUT2D eigenvalue weighted by Gasteiger charge is -2.13. The molecule has 0 spiro atoms. The summed E-state index contributed by atoms with van der Waals surface area (Å²) < 4.78 is 4.56. The minimum atomic E-state index is 0.536. The van der Waals surface area contributed by atoms with Crippen LogP contribution in [0.25, 0.3) is 88.9 Å². The van der Waals surface area contributed by atoms with Crippen molar-refractivity contribution in [1.29, 1.82) is 0 Å². The largest absolute Gasteiger partial charge is 0.307 e. The molecule has 0 saturated carbocycles. The van der Waals surface area contributed by atoms with E-state index < -0.39 is 0 Å². The van der Waals surface area contributed by atoms with Gasteiger partial charge in [0.25, 0.3) is 0 Å². The lowest BCUT2D eigenvalue weighted by molar-refractivity contribution is 0.953. The molecule has 0 fully saturated rings. The van der Waals surface area contributed by atoms with Gasteiger partial charge in [-0.25, -0.2) is 15.0 Å². The van der Waals surface area contributed by atoms with Crippen LogP contribution in [0.4, 0.5) is 0 Å². The fourth-order valence-electron chi connectivity index (χ4n) is 7.04. The summed E-state index contributed by atoms with van der Waals surface area (Å²) in [5.41, 5.74) is 7.94. The summed E-state index contributed by atoms with van der Waals surface area (Å²) in [5.74, 6) is 1.75. The van der Waals surface area contributed by atoms with E-state index in [0.717, 1.165) is 65.9 Å². The zero-order chi connectivity index (χ0) is 31.6. The smallest absolute Gasteiger partial charge is 0.238 e. The second kappa shape index (κ2) is 10.4. The topological polar surface area (TPSA) is 74.3 Å². The molecule has 0 amide bonds. The van der Waals surface area contributed by atoms with Crippen LogP contribution in [0.15, 0.2) is 152 Å². The first-order chi connectivity index (χ1) is 23.8. The van der Waals surface area contributed by atoms with Crippen molar-refractivity contribution in [2.45, 2.75) is 0 Å². The molecule has 7 nitrogen and oxygen atoms in total. The van der Waals surface area contributed by atoms with E-state index in [1.54, 1.807) is 6.33 Å². The molecule has 4 heterocycles. The van der Waals surface area contributed by atoms with Crippen molar-refractivity contribution < 1.29 is 0 Å². The van der Waals surface area contributed by atoms with Crippen LogP contribution in [0.5, 0.6) is 0 Å². The average molecular weight is 616 g/mol. The molecule has 224 valence electrons. The van der Waals surface area contributed by atoms with Crippen molar-refractivity contribution in [3.05, 3.63) is 152 Å². The Morgan fingerprint density at radius 1 is 0.458 bits per heavy atom. The van der Waals surface area contributed by atoms with Gasteiger partial charge in [-0.3, -0.25) is 4.57 Å². The van der Waals surface area contributed by atoms with Gasteiger partial charge in [0.15, 0.2) is 11.6 Å². The molecule has 0 radical (unpaired) electrons. The number of fused-ring (bicyclic) bond motifs is 9. The Bertz CT molecular complexity index is 2760. The van der Waals surface area contributed by atoms with Crippen LogP contribution in [0.1, 0.15) is 0 Å². The van der Waals surface area contributed by atoms with Crippen molar-refractivity contribution >= 4 is 54.5 Å². The quantitative estimate of drug-likeness (QED) is 0.197. The number of benzene rings is 6. The third-order valence-corrected chi connectivity index (χ3v) is 9.10. The third-order valence-electron chi connectivity index (χ3n) is 9.10. The van der Waals surface area contributed by atoms with E-state index in [-0.39, 0.29) is 0 Å². The maximum atomic E-state index is 5.21. The van der Waals surface area contributed by atoms with Gasteiger partial charge in [-0.05, 0) is 30.3 Å². The van der Waals surface area contributed by atoms with Crippen LogP contribution in [-0.2, 0) is 0 Å². The number of para-hydroxylation sites is 2. The molecular weight excluding hydrogens is 591 g/mol. The molecule has 0 unspecified atom stereocenters. The highest BCUT2D eigenvalue weighted by atomic mass is 15.2. The lowest BCUT2D eigenvalue weighted by atomic mass is 10.1. The highest BCUT2D eigenvalue weighted by Gasteiger charge is 2.24. The van der Waals surface area contributed by atoms with Crippen molar-refractivity contribution in [1.82, 2.24) is 34.1 Å². The Morgan fingerprint density at radius 2 is 1.08 bits per heavy atom.